The highest BCUT2D eigenvalue weighted by Crippen LogP contribution is 2.20. The van der Waals surface area contributed by atoms with Crippen LogP contribution in [-0.2, 0) is 14.6 Å². The number of carbonyl (C=O) groups is 1. The minimum absolute atomic E-state index is 0.175. The van der Waals surface area contributed by atoms with Gasteiger partial charge in [-0.2, -0.15) is 0 Å². The van der Waals surface area contributed by atoms with Crippen LogP contribution in [0, 0.1) is 5.92 Å². The smallest absolute Gasteiger partial charge is 0.328 e. The van der Waals surface area contributed by atoms with Gasteiger partial charge in [0, 0.05) is 21.9 Å². The van der Waals surface area contributed by atoms with E-state index in [1.807, 2.05) is 38.1 Å². The first-order chi connectivity index (χ1) is 12.6. The van der Waals surface area contributed by atoms with Gasteiger partial charge in [0.25, 0.3) is 0 Å². The minimum Gasteiger partial charge on any atom is -0.480 e. The molecule has 0 aromatic heterocycles. The summed E-state index contributed by atoms with van der Waals surface area (Å²) in [6.07, 6.45) is 1.56. The fourth-order valence-electron chi connectivity index (χ4n) is 2.59. The van der Waals surface area contributed by atoms with Crippen LogP contribution in [-0.4, -0.2) is 37.5 Å². The van der Waals surface area contributed by atoms with Crippen molar-refractivity contribution in [1.29, 1.82) is 0 Å². The molecular weight excluding hydrogens is 430 g/mol. The van der Waals surface area contributed by atoms with Gasteiger partial charge < -0.3 is 5.11 Å². The van der Waals surface area contributed by atoms with Gasteiger partial charge in [0.1, 0.15) is 6.04 Å². The van der Waals surface area contributed by atoms with Gasteiger partial charge in [0.2, 0.25) is 0 Å². The number of carboxylic acids is 1. The molecule has 0 fully saturated rings. The maximum atomic E-state index is 11.7. The fourth-order valence-corrected chi connectivity index (χ4v) is 3.49. The lowest BCUT2D eigenvalue weighted by atomic mass is 10.00. The van der Waals surface area contributed by atoms with Crippen molar-refractivity contribution in [1.82, 2.24) is 0 Å². The lowest BCUT2D eigenvalue weighted by Gasteiger charge is -2.15. The van der Waals surface area contributed by atoms with Crippen LogP contribution in [0.4, 0.5) is 0 Å². The molecule has 0 saturated carbocycles. The SMILES string of the molecule is CC(C)C[C@H](N=C(c1ccc(Br)cc1)c1ccc(S(C)(=O)=O)cc1)C(=O)O. The van der Waals surface area contributed by atoms with Crippen molar-refractivity contribution < 1.29 is 18.3 Å². The zero-order valence-corrected chi connectivity index (χ0v) is 17.8. The number of rotatable bonds is 7. The summed E-state index contributed by atoms with van der Waals surface area (Å²) >= 11 is 3.39. The van der Waals surface area contributed by atoms with Gasteiger partial charge in [-0.15, -0.1) is 0 Å². The highest BCUT2D eigenvalue weighted by molar-refractivity contribution is 9.10. The van der Waals surface area contributed by atoms with E-state index in [2.05, 4.69) is 20.9 Å². The molecule has 27 heavy (non-hydrogen) atoms. The van der Waals surface area contributed by atoms with E-state index in [1.54, 1.807) is 12.1 Å². The molecule has 0 bridgehead atoms. The molecule has 1 N–H and O–H groups in total. The Morgan fingerprint density at radius 1 is 1.04 bits per heavy atom. The first-order valence-electron chi connectivity index (χ1n) is 8.45. The molecule has 1 atom stereocenters. The van der Waals surface area contributed by atoms with E-state index in [0.29, 0.717) is 17.7 Å². The van der Waals surface area contributed by atoms with Crippen LogP contribution in [0.25, 0.3) is 0 Å². The van der Waals surface area contributed by atoms with Crippen molar-refractivity contribution >= 4 is 37.4 Å². The molecule has 0 saturated heterocycles. The molecule has 2 rings (SSSR count). The van der Waals surface area contributed by atoms with Gasteiger partial charge in [-0.1, -0.05) is 54.0 Å². The number of halogens is 1. The summed E-state index contributed by atoms with van der Waals surface area (Å²) in [6, 6.07) is 12.9. The van der Waals surface area contributed by atoms with Crippen LogP contribution in [0.5, 0.6) is 0 Å². The van der Waals surface area contributed by atoms with Crippen molar-refractivity contribution in [2.45, 2.75) is 31.2 Å². The Kier molecular flexibility index (Phi) is 6.95. The lowest BCUT2D eigenvalue weighted by Crippen LogP contribution is -2.22. The topological polar surface area (TPSA) is 83.8 Å². The number of sulfone groups is 1. The van der Waals surface area contributed by atoms with E-state index in [9.17, 15) is 18.3 Å². The van der Waals surface area contributed by atoms with E-state index in [-0.39, 0.29) is 10.8 Å². The highest BCUT2D eigenvalue weighted by atomic mass is 79.9. The van der Waals surface area contributed by atoms with E-state index in [1.165, 1.54) is 12.1 Å². The maximum absolute atomic E-state index is 11.7. The predicted molar refractivity (Wildman–Crippen MR) is 110 cm³/mol. The number of aliphatic imine (C=N–C) groups is 1. The molecular formula is C20H22BrNO4S. The Labute approximate surface area is 168 Å². The average molecular weight is 452 g/mol. The van der Waals surface area contributed by atoms with Crippen molar-refractivity contribution in [3.8, 4) is 0 Å². The summed E-state index contributed by atoms with van der Waals surface area (Å²) in [5, 5.41) is 9.57. The largest absolute Gasteiger partial charge is 0.480 e. The zero-order chi connectivity index (χ0) is 20.2. The van der Waals surface area contributed by atoms with Gasteiger partial charge in [-0.25, -0.2) is 13.2 Å². The number of nitrogens with zero attached hydrogens (tertiary/aromatic N) is 1. The number of carboxylic acid groups (broad SMARTS) is 1. The van der Waals surface area contributed by atoms with Gasteiger partial charge in [0.05, 0.1) is 10.6 Å². The minimum atomic E-state index is -3.31. The second-order valence-corrected chi connectivity index (χ2v) is 9.70. The van der Waals surface area contributed by atoms with Crippen LogP contribution in [0.2, 0.25) is 0 Å². The summed E-state index contributed by atoms with van der Waals surface area (Å²) in [4.78, 5) is 16.4. The van der Waals surface area contributed by atoms with Crippen LogP contribution in [0.1, 0.15) is 31.4 Å². The van der Waals surface area contributed by atoms with Crippen LogP contribution in [0.15, 0.2) is 62.9 Å². The maximum Gasteiger partial charge on any atom is 0.328 e. The molecule has 2 aromatic carbocycles. The third-order valence-corrected chi connectivity index (χ3v) is 5.60. The summed E-state index contributed by atoms with van der Waals surface area (Å²) in [6.45, 7) is 3.90. The number of aliphatic carboxylic acids is 1. The Hall–Kier alpha value is -1.99. The summed E-state index contributed by atoms with van der Waals surface area (Å²) in [5.41, 5.74) is 1.95. The molecule has 2 aromatic rings. The van der Waals surface area contributed by atoms with Gasteiger partial charge in [0.15, 0.2) is 9.84 Å². The first kappa shape index (κ1) is 21.3. The van der Waals surface area contributed by atoms with Gasteiger partial charge in [-0.05, 0) is 36.6 Å². The van der Waals surface area contributed by atoms with Crippen molar-refractivity contribution in [2.75, 3.05) is 6.26 Å². The molecule has 0 amide bonds. The Balaban J connectivity index is 2.57. The van der Waals surface area contributed by atoms with E-state index in [0.717, 1.165) is 16.3 Å². The monoisotopic (exact) mass is 451 g/mol. The second-order valence-electron chi connectivity index (χ2n) is 6.76. The van der Waals surface area contributed by atoms with E-state index in [4.69, 9.17) is 0 Å². The molecule has 0 aliphatic rings. The van der Waals surface area contributed by atoms with Crippen LogP contribution in [0.3, 0.4) is 0 Å². The Morgan fingerprint density at radius 2 is 1.52 bits per heavy atom. The van der Waals surface area contributed by atoms with Crippen molar-refractivity contribution in [2.24, 2.45) is 10.9 Å². The zero-order valence-electron chi connectivity index (χ0n) is 15.4. The van der Waals surface area contributed by atoms with Gasteiger partial charge >= 0.3 is 5.97 Å². The Morgan fingerprint density at radius 3 is 1.93 bits per heavy atom. The normalized spacial score (nSPS) is 13.6. The standard InChI is InChI=1S/C20H22BrNO4S/c1-13(2)12-18(20(23)24)22-19(14-4-8-16(21)9-5-14)15-6-10-17(11-7-15)27(3,25)26/h4-11,13,18H,12H2,1-3H3,(H,23,24)/t18-/m0/s1. The average Bonchev–Trinajstić information content (AvgIpc) is 2.58. The van der Waals surface area contributed by atoms with E-state index >= 15 is 0 Å². The molecule has 0 radical (unpaired) electrons. The molecule has 0 aliphatic heterocycles. The molecule has 5 nitrogen and oxygen atoms in total. The number of benzene rings is 2. The van der Waals surface area contributed by atoms with Crippen LogP contribution >= 0.6 is 15.9 Å². The predicted octanol–water partition coefficient (Wildman–Crippen LogP) is 4.19. The lowest BCUT2D eigenvalue weighted by molar-refractivity contribution is -0.138. The first-order valence-corrected chi connectivity index (χ1v) is 11.1. The third kappa shape index (κ3) is 6.01. The quantitative estimate of drug-likeness (QED) is 0.639. The third-order valence-electron chi connectivity index (χ3n) is 3.94. The molecule has 0 spiro atoms. The number of hydrogen-bond acceptors (Lipinski definition) is 4. The van der Waals surface area contributed by atoms with E-state index < -0.39 is 21.8 Å². The molecule has 0 aliphatic carbocycles. The number of hydrogen-bond donors (Lipinski definition) is 1. The summed E-state index contributed by atoms with van der Waals surface area (Å²) < 4.78 is 24.3. The fraction of sp³-hybridized carbons (Fsp3) is 0.300. The van der Waals surface area contributed by atoms with Crippen LogP contribution < -0.4 is 0 Å². The molecule has 144 valence electrons. The molecule has 0 heterocycles. The summed E-state index contributed by atoms with van der Waals surface area (Å²) in [7, 11) is -3.31. The van der Waals surface area contributed by atoms with Gasteiger partial charge in [-0.3, -0.25) is 4.99 Å². The summed E-state index contributed by atoms with van der Waals surface area (Å²) in [5.74, 6) is -0.806. The molecule has 0 unspecified atom stereocenters. The van der Waals surface area contributed by atoms with Crippen molar-refractivity contribution in [3.63, 3.8) is 0 Å². The molecule has 7 heteroatoms. The Bertz CT molecular complexity index is 933. The second kappa shape index (κ2) is 8.80. The van der Waals surface area contributed by atoms with Crippen molar-refractivity contribution in [3.05, 3.63) is 64.1 Å². The highest BCUT2D eigenvalue weighted by Gasteiger charge is 2.20.